The summed E-state index contributed by atoms with van der Waals surface area (Å²) in [6, 6.07) is 0. The van der Waals surface area contributed by atoms with E-state index in [0.717, 1.165) is 23.3 Å². The molecule has 26 heavy (non-hydrogen) atoms. The third kappa shape index (κ3) is 3.73. The highest BCUT2D eigenvalue weighted by atomic mass is 16.3. The van der Waals surface area contributed by atoms with E-state index in [-0.39, 0.29) is 0 Å². The Bertz CT molecular complexity index is 571. The minimum atomic E-state index is -0.592. The maximum absolute atomic E-state index is 10.1. The molecule has 0 aromatic carbocycles. The zero-order chi connectivity index (χ0) is 18.9. The van der Waals surface area contributed by atoms with Gasteiger partial charge in [0.05, 0.1) is 12.2 Å². The fourth-order valence-corrected chi connectivity index (χ4v) is 6.30. The highest BCUT2D eigenvalue weighted by Gasteiger charge is 2.50. The molecule has 6 atom stereocenters. The van der Waals surface area contributed by atoms with Gasteiger partial charge in [-0.3, -0.25) is 0 Å². The number of fused-ring (bicyclic) bond motifs is 1. The maximum Gasteiger partial charge on any atom is 0.0809 e. The highest BCUT2D eigenvalue weighted by Crippen LogP contribution is 2.59. The van der Waals surface area contributed by atoms with Gasteiger partial charge in [-0.05, 0) is 73.7 Å². The van der Waals surface area contributed by atoms with Gasteiger partial charge in [0.15, 0.2) is 0 Å². The van der Waals surface area contributed by atoms with Gasteiger partial charge in [0.2, 0.25) is 0 Å². The molecule has 0 radical (unpaired) electrons. The second kappa shape index (κ2) is 8.02. The highest BCUT2D eigenvalue weighted by molar-refractivity contribution is 5.29. The minimum absolute atomic E-state index is 0.469. The van der Waals surface area contributed by atoms with Gasteiger partial charge in [-0.1, -0.05) is 63.5 Å². The first-order valence-electron chi connectivity index (χ1n) is 10.8. The Balaban J connectivity index is 1.76. The number of hydrogen-bond donors (Lipinski definition) is 2. The third-order valence-electron chi connectivity index (χ3n) is 7.77. The molecule has 3 fully saturated rings. The Hall–Kier alpha value is -0.860. The van der Waals surface area contributed by atoms with Crippen LogP contribution in [0.3, 0.4) is 0 Å². The Morgan fingerprint density at radius 3 is 2.54 bits per heavy atom. The topological polar surface area (TPSA) is 40.5 Å². The number of hydrogen-bond acceptors (Lipinski definition) is 2. The molecule has 0 amide bonds. The van der Waals surface area contributed by atoms with E-state index in [4.69, 9.17) is 0 Å². The van der Waals surface area contributed by atoms with Crippen LogP contribution in [-0.4, -0.2) is 22.4 Å². The van der Waals surface area contributed by atoms with Gasteiger partial charge in [0, 0.05) is 0 Å². The average molecular weight is 359 g/mol. The number of aliphatic hydroxyl groups is 2. The summed E-state index contributed by atoms with van der Waals surface area (Å²) in [5, 5.41) is 20.1. The van der Waals surface area contributed by atoms with Crippen LogP contribution in [0, 0.1) is 23.2 Å². The summed E-state index contributed by atoms with van der Waals surface area (Å²) >= 11 is 0. The van der Waals surface area contributed by atoms with Crippen molar-refractivity contribution in [3.63, 3.8) is 0 Å². The molecule has 3 aliphatic carbocycles. The molecular weight excluding hydrogens is 320 g/mol. The van der Waals surface area contributed by atoms with E-state index in [9.17, 15) is 10.2 Å². The van der Waals surface area contributed by atoms with Crippen LogP contribution in [0.5, 0.6) is 0 Å². The van der Waals surface area contributed by atoms with E-state index in [1.807, 2.05) is 0 Å². The Labute approximate surface area is 160 Å². The van der Waals surface area contributed by atoms with Crippen LogP contribution in [0.2, 0.25) is 0 Å². The molecule has 0 saturated heterocycles. The normalized spacial score (nSPS) is 40.6. The molecule has 3 aliphatic rings. The van der Waals surface area contributed by atoms with Gasteiger partial charge in [-0.15, -0.1) is 0 Å². The summed E-state index contributed by atoms with van der Waals surface area (Å²) < 4.78 is 0. The van der Waals surface area contributed by atoms with Crippen LogP contribution in [0.1, 0.15) is 78.6 Å². The van der Waals surface area contributed by atoms with Crippen molar-refractivity contribution in [3.8, 4) is 0 Å². The Morgan fingerprint density at radius 1 is 1.19 bits per heavy atom. The van der Waals surface area contributed by atoms with E-state index in [2.05, 4.69) is 39.5 Å². The molecule has 0 aromatic rings. The van der Waals surface area contributed by atoms with Crippen LogP contribution >= 0.6 is 0 Å². The first-order chi connectivity index (χ1) is 12.4. The first-order valence-corrected chi connectivity index (χ1v) is 10.8. The SMILES string of the molecule is C=C1[C@H](O)CC(=C/C=C2\CCC[C@@]3(C)C2CC[C@@H]3[C@@H](C)CCC)C[C@H]1O. The van der Waals surface area contributed by atoms with Gasteiger partial charge in [0.25, 0.3) is 0 Å². The third-order valence-corrected chi connectivity index (χ3v) is 7.77. The summed E-state index contributed by atoms with van der Waals surface area (Å²) in [6.07, 6.45) is 13.9. The smallest absolute Gasteiger partial charge is 0.0809 e. The molecule has 0 aliphatic heterocycles. The summed E-state index contributed by atoms with van der Waals surface area (Å²) in [5.41, 5.74) is 3.82. The van der Waals surface area contributed by atoms with E-state index in [1.165, 1.54) is 44.9 Å². The van der Waals surface area contributed by atoms with Crippen LogP contribution in [0.25, 0.3) is 0 Å². The lowest BCUT2D eigenvalue weighted by Crippen LogP contribution is -2.36. The van der Waals surface area contributed by atoms with Crippen LogP contribution in [0.15, 0.2) is 35.5 Å². The average Bonchev–Trinajstić information content (AvgIpc) is 2.95. The van der Waals surface area contributed by atoms with Crippen molar-refractivity contribution in [3.05, 3.63) is 35.5 Å². The van der Waals surface area contributed by atoms with Crippen molar-refractivity contribution in [1.29, 1.82) is 0 Å². The standard InChI is InChI=1S/C24H38O2/c1-5-7-16(2)20-11-12-21-19(8-6-13-24(20,21)4)10-9-18-14-22(25)17(3)23(26)15-18/h9-10,16,20-23,25-26H,3,5-8,11-15H2,1-2,4H3/b19-10+/t16-,20+,21?,22+,23+,24+/m0/s1. The van der Waals surface area contributed by atoms with Crippen LogP contribution in [0.4, 0.5) is 0 Å². The van der Waals surface area contributed by atoms with Crippen molar-refractivity contribution in [1.82, 2.24) is 0 Å². The Morgan fingerprint density at radius 2 is 1.88 bits per heavy atom. The fraction of sp³-hybridized carbons (Fsp3) is 0.750. The molecule has 2 N–H and O–H groups in total. The minimum Gasteiger partial charge on any atom is -0.388 e. The van der Waals surface area contributed by atoms with E-state index in [1.54, 1.807) is 5.57 Å². The van der Waals surface area contributed by atoms with Crippen molar-refractivity contribution in [2.75, 3.05) is 0 Å². The molecule has 146 valence electrons. The molecule has 0 bridgehead atoms. The number of rotatable bonds is 4. The molecule has 3 rings (SSSR count). The molecule has 1 unspecified atom stereocenters. The maximum atomic E-state index is 10.1. The zero-order valence-corrected chi connectivity index (χ0v) is 17.0. The van der Waals surface area contributed by atoms with Gasteiger partial charge in [-0.2, -0.15) is 0 Å². The first kappa shape index (κ1) is 19.9. The molecule has 0 heterocycles. The van der Waals surface area contributed by atoms with Crippen molar-refractivity contribution in [2.45, 2.75) is 90.8 Å². The summed E-state index contributed by atoms with van der Waals surface area (Å²) in [5.74, 6) is 2.43. The molecule has 0 aromatic heterocycles. The van der Waals surface area contributed by atoms with Gasteiger partial charge in [-0.25, -0.2) is 0 Å². The molecule has 3 saturated carbocycles. The lowest BCUT2D eigenvalue weighted by molar-refractivity contribution is 0.0940. The second-order valence-electron chi connectivity index (χ2n) is 9.44. The van der Waals surface area contributed by atoms with E-state index in [0.29, 0.717) is 23.8 Å². The Kier molecular flexibility index (Phi) is 6.14. The van der Waals surface area contributed by atoms with Crippen LogP contribution < -0.4 is 0 Å². The largest absolute Gasteiger partial charge is 0.388 e. The summed E-state index contributed by atoms with van der Waals surface area (Å²) in [7, 11) is 0. The van der Waals surface area contributed by atoms with Crippen molar-refractivity contribution in [2.24, 2.45) is 23.2 Å². The lowest BCUT2D eigenvalue weighted by Gasteiger charge is -2.44. The van der Waals surface area contributed by atoms with Crippen molar-refractivity contribution < 1.29 is 10.2 Å². The number of aliphatic hydroxyl groups excluding tert-OH is 2. The lowest BCUT2D eigenvalue weighted by atomic mass is 9.61. The molecular formula is C24H38O2. The quantitative estimate of drug-likeness (QED) is 0.646. The van der Waals surface area contributed by atoms with Gasteiger partial charge in [0.1, 0.15) is 0 Å². The predicted octanol–water partition coefficient (Wildman–Crippen LogP) is 5.56. The number of allylic oxidation sites excluding steroid dienone is 3. The van der Waals surface area contributed by atoms with Crippen LogP contribution in [-0.2, 0) is 0 Å². The van der Waals surface area contributed by atoms with E-state index < -0.39 is 12.2 Å². The molecule has 2 nitrogen and oxygen atoms in total. The molecule has 2 heteroatoms. The van der Waals surface area contributed by atoms with E-state index >= 15 is 0 Å². The molecule has 0 spiro atoms. The van der Waals surface area contributed by atoms with Gasteiger partial charge < -0.3 is 10.2 Å². The summed E-state index contributed by atoms with van der Waals surface area (Å²) in [6.45, 7) is 11.1. The van der Waals surface area contributed by atoms with Gasteiger partial charge >= 0.3 is 0 Å². The van der Waals surface area contributed by atoms with Crippen molar-refractivity contribution >= 4 is 0 Å². The fourth-order valence-electron chi connectivity index (χ4n) is 6.30. The monoisotopic (exact) mass is 358 g/mol. The predicted molar refractivity (Wildman–Crippen MR) is 109 cm³/mol. The zero-order valence-electron chi connectivity index (χ0n) is 17.0. The second-order valence-corrected chi connectivity index (χ2v) is 9.44. The summed E-state index contributed by atoms with van der Waals surface area (Å²) in [4.78, 5) is 0.